The van der Waals surface area contributed by atoms with E-state index in [0.29, 0.717) is 29.6 Å². The molecule has 1 unspecified atom stereocenters. The molecule has 0 nitrogen and oxygen atoms in total. The molecule has 0 bridgehead atoms. The van der Waals surface area contributed by atoms with Gasteiger partial charge in [0.2, 0.25) is 0 Å². The summed E-state index contributed by atoms with van der Waals surface area (Å²) < 4.78 is 0. The molecule has 0 aliphatic heterocycles. The van der Waals surface area contributed by atoms with Gasteiger partial charge in [0.1, 0.15) is 0 Å². The highest BCUT2D eigenvalue weighted by Crippen LogP contribution is 2.46. The fourth-order valence-electron chi connectivity index (χ4n) is 4.17. The first-order valence-electron chi connectivity index (χ1n) is 9.56. The van der Waals surface area contributed by atoms with Crippen molar-refractivity contribution in [1.82, 2.24) is 0 Å². The van der Waals surface area contributed by atoms with E-state index in [1.807, 2.05) is 0 Å². The zero-order valence-corrected chi connectivity index (χ0v) is 17.5. The van der Waals surface area contributed by atoms with Crippen LogP contribution in [0, 0.1) is 35.0 Å². The van der Waals surface area contributed by atoms with E-state index in [0.717, 1.165) is 0 Å². The highest BCUT2D eigenvalue weighted by Gasteiger charge is 2.34. The van der Waals surface area contributed by atoms with Gasteiger partial charge in [-0.15, -0.1) is 0 Å². The van der Waals surface area contributed by atoms with Crippen molar-refractivity contribution in [3.63, 3.8) is 0 Å². The Morgan fingerprint density at radius 2 is 1.17 bits per heavy atom. The molecule has 0 amide bonds. The molecule has 0 heteroatoms. The summed E-state index contributed by atoms with van der Waals surface area (Å²) in [4.78, 5) is 0. The third-order valence-electron chi connectivity index (χ3n) is 5.08. The Morgan fingerprint density at radius 1 is 0.696 bits per heavy atom. The van der Waals surface area contributed by atoms with Crippen molar-refractivity contribution in [2.24, 2.45) is 35.0 Å². The molecule has 0 saturated heterocycles. The van der Waals surface area contributed by atoms with Gasteiger partial charge in [-0.05, 0) is 40.2 Å². The van der Waals surface area contributed by atoms with Crippen LogP contribution in [-0.4, -0.2) is 0 Å². The minimum absolute atomic E-state index is 0.192. The van der Waals surface area contributed by atoms with E-state index >= 15 is 0 Å². The molecule has 0 aromatic carbocycles. The third-order valence-corrected chi connectivity index (χ3v) is 5.08. The van der Waals surface area contributed by atoms with Gasteiger partial charge in [-0.2, -0.15) is 0 Å². The van der Waals surface area contributed by atoms with Crippen LogP contribution in [0.25, 0.3) is 0 Å². The lowest BCUT2D eigenvalue weighted by Crippen LogP contribution is -2.25. The average molecular weight is 317 g/mol. The molecule has 132 valence electrons. The molecule has 0 N–H and O–H groups in total. The molecule has 0 heterocycles. The maximum Gasteiger partial charge on any atom is 0.00471 e. The molecule has 1 rings (SSSR count). The lowest BCUT2D eigenvalue weighted by molar-refractivity contribution is 0.407. The molecule has 1 atom stereocenters. The minimum Gasteiger partial charge on any atom is -0.0619 e. The Hall–Kier alpha value is -0.780. The molecule has 23 heavy (non-hydrogen) atoms. The van der Waals surface area contributed by atoms with Crippen LogP contribution < -0.4 is 0 Å². The summed E-state index contributed by atoms with van der Waals surface area (Å²) in [6, 6.07) is 0. The van der Waals surface area contributed by atoms with Gasteiger partial charge in [-0.25, -0.2) is 0 Å². The monoisotopic (exact) mass is 316 g/mol. The number of rotatable bonds is 4. The first kappa shape index (κ1) is 20.3. The zero-order valence-electron chi connectivity index (χ0n) is 17.5. The summed E-state index contributed by atoms with van der Waals surface area (Å²) >= 11 is 0. The number of allylic oxidation sites excluding steroid dienone is 6. The Labute approximate surface area is 146 Å². The van der Waals surface area contributed by atoms with E-state index in [1.54, 1.807) is 22.3 Å². The van der Waals surface area contributed by atoms with Crippen molar-refractivity contribution in [1.29, 1.82) is 0 Å². The molecule has 1 aliphatic carbocycles. The van der Waals surface area contributed by atoms with E-state index in [2.05, 4.69) is 88.3 Å². The fraction of sp³-hybridized carbons (Fsp3) is 0.739. The fourth-order valence-corrected chi connectivity index (χ4v) is 4.17. The van der Waals surface area contributed by atoms with Gasteiger partial charge in [0.25, 0.3) is 0 Å². The minimum atomic E-state index is 0.192. The summed E-state index contributed by atoms with van der Waals surface area (Å²) in [5, 5.41) is 0. The van der Waals surface area contributed by atoms with E-state index < -0.39 is 0 Å². The topological polar surface area (TPSA) is 0 Å². The lowest BCUT2D eigenvalue weighted by Gasteiger charge is -2.36. The Morgan fingerprint density at radius 3 is 1.48 bits per heavy atom. The Kier molecular flexibility index (Phi) is 6.53. The molecular weight excluding hydrogens is 276 g/mol. The molecule has 0 saturated carbocycles. The van der Waals surface area contributed by atoms with Crippen molar-refractivity contribution in [2.75, 3.05) is 0 Å². The van der Waals surface area contributed by atoms with E-state index in [9.17, 15) is 0 Å². The third kappa shape index (κ3) is 4.40. The van der Waals surface area contributed by atoms with E-state index in [4.69, 9.17) is 0 Å². The quantitative estimate of drug-likeness (QED) is 0.505. The van der Waals surface area contributed by atoms with Crippen LogP contribution in [0.3, 0.4) is 0 Å². The standard InChI is InChI=1S/C23H40/c1-14(2)18-12-13-19(23(9,10)11)21(16(5)6)22(17(7)8)20(18)15(3)4/h12-17,22H,1-11H3. The molecule has 0 radical (unpaired) electrons. The van der Waals surface area contributed by atoms with Crippen molar-refractivity contribution < 1.29 is 0 Å². The van der Waals surface area contributed by atoms with Gasteiger partial charge in [-0.3, -0.25) is 0 Å². The first-order chi connectivity index (χ1) is 10.4. The van der Waals surface area contributed by atoms with Crippen LogP contribution in [0.2, 0.25) is 0 Å². The van der Waals surface area contributed by atoms with Crippen molar-refractivity contribution in [3.8, 4) is 0 Å². The van der Waals surface area contributed by atoms with Gasteiger partial charge < -0.3 is 0 Å². The second-order valence-corrected chi connectivity index (χ2v) is 9.55. The van der Waals surface area contributed by atoms with Crippen LogP contribution in [0.1, 0.15) is 76.2 Å². The highest BCUT2D eigenvalue weighted by atomic mass is 14.4. The van der Waals surface area contributed by atoms with Crippen LogP contribution in [0.15, 0.2) is 34.4 Å². The van der Waals surface area contributed by atoms with Gasteiger partial charge in [0, 0.05) is 5.92 Å². The van der Waals surface area contributed by atoms with Crippen LogP contribution in [0.4, 0.5) is 0 Å². The lowest BCUT2D eigenvalue weighted by atomic mass is 9.68. The number of hydrogen-bond acceptors (Lipinski definition) is 0. The van der Waals surface area contributed by atoms with Crippen LogP contribution >= 0.6 is 0 Å². The van der Waals surface area contributed by atoms with Gasteiger partial charge >= 0.3 is 0 Å². The van der Waals surface area contributed by atoms with Crippen molar-refractivity contribution in [2.45, 2.75) is 76.2 Å². The average Bonchev–Trinajstić information content (AvgIpc) is 2.54. The molecule has 0 aromatic rings. The maximum absolute atomic E-state index is 2.44. The SMILES string of the molecule is CC(C)C1=C(C(C)C)C(C(C)C)C(C(C)C)=C(C(C)(C)C)C=C1. The Balaban J connectivity index is 3.80. The maximum atomic E-state index is 2.44. The second-order valence-electron chi connectivity index (χ2n) is 9.55. The van der Waals surface area contributed by atoms with E-state index in [-0.39, 0.29) is 5.41 Å². The number of hydrogen-bond donors (Lipinski definition) is 0. The zero-order chi connectivity index (χ0) is 18.1. The van der Waals surface area contributed by atoms with Gasteiger partial charge in [0.15, 0.2) is 0 Å². The largest absolute Gasteiger partial charge is 0.0619 e. The van der Waals surface area contributed by atoms with E-state index in [1.165, 1.54) is 0 Å². The van der Waals surface area contributed by atoms with Crippen molar-refractivity contribution in [3.05, 3.63) is 34.4 Å². The summed E-state index contributed by atoms with van der Waals surface area (Å²) in [6.45, 7) is 26.1. The smallest absolute Gasteiger partial charge is 0.00471 e. The molecule has 0 spiro atoms. The van der Waals surface area contributed by atoms with Crippen LogP contribution in [-0.2, 0) is 0 Å². The van der Waals surface area contributed by atoms with Crippen molar-refractivity contribution >= 4 is 0 Å². The normalized spacial score (nSPS) is 20.6. The summed E-state index contributed by atoms with van der Waals surface area (Å²) in [5.74, 6) is 2.96. The van der Waals surface area contributed by atoms with Crippen LogP contribution in [0.5, 0.6) is 0 Å². The molecular formula is C23H40. The summed E-state index contributed by atoms with van der Waals surface area (Å²) in [5.41, 5.74) is 6.66. The summed E-state index contributed by atoms with van der Waals surface area (Å²) in [6.07, 6.45) is 4.88. The Bertz CT molecular complexity index is 499. The summed E-state index contributed by atoms with van der Waals surface area (Å²) in [7, 11) is 0. The second kappa shape index (κ2) is 7.41. The highest BCUT2D eigenvalue weighted by molar-refractivity contribution is 5.47. The molecule has 1 aliphatic rings. The predicted molar refractivity (Wildman–Crippen MR) is 105 cm³/mol. The first-order valence-corrected chi connectivity index (χ1v) is 9.56. The molecule has 0 aromatic heterocycles. The van der Waals surface area contributed by atoms with Gasteiger partial charge in [-0.1, -0.05) is 99.5 Å². The molecule has 0 fully saturated rings. The predicted octanol–water partition coefficient (Wildman–Crippen LogP) is 7.44. The van der Waals surface area contributed by atoms with Gasteiger partial charge in [0.05, 0.1) is 0 Å².